The highest BCUT2D eigenvalue weighted by molar-refractivity contribution is 7.83. The van der Waals surface area contributed by atoms with Gasteiger partial charge in [0, 0.05) is 17.3 Å². The molecular weight excluding hydrogens is 256 g/mol. The predicted molar refractivity (Wildman–Crippen MR) is 77.4 cm³/mol. The Kier molecular flexibility index (Phi) is 3.17. The van der Waals surface area contributed by atoms with Crippen molar-refractivity contribution < 1.29 is 4.21 Å². The number of nitrogens with zero attached hydrogens (tertiary/aromatic N) is 2. The third-order valence-electron chi connectivity index (χ3n) is 3.05. The first-order chi connectivity index (χ1) is 9.29. The molecule has 2 aromatic heterocycles. The molecule has 3 nitrogen and oxygen atoms in total. The summed E-state index contributed by atoms with van der Waals surface area (Å²) in [6, 6.07) is 15.4. The van der Waals surface area contributed by atoms with Gasteiger partial charge in [0.15, 0.2) is 16.6 Å². The van der Waals surface area contributed by atoms with Crippen LogP contribution in [-0.4, -0.2) is 13.2 Å². The summed E-state index contributed by atoms with van der Waals surface area (Å²) in [5, 5.41) is 1.02. The van der Waals surface area contributed by atoms with Gasteiger partial charge in [0.25, 0.3) is 0 Å². The number of fused-ring (bicyclic) bond motifs is 1. The largest absolute Gasteiger partial charge is 0.246 e. The van der Waals surface area contributed by atoms with E-state index in [0.717, 1.165) is 28.0 Å². The molecule has 2 heterocycles. The lowest BCUT2D eigenvalue weighted by atomic mass is 10.2. The number of benzene rings is 1. The summed E-state index contributed by atoms with van der Waals surface area (Å²) in [5.41, 5.74) is 1.79. The quantitative estimate of drug-likeness (QED) is 0.732. The van der Waals surface area contributed by atoms with Crippen LogP contribution in [-0.2, 0) is 17.4 Å². The Morgan fingerprint density at radius 3 is 2.63 bits per heavy atom. The maximum absolute atomic E-state index is 12.6. The van der Waals surface area contributed by atoms with E-state index in [1.165, 1.54) is 0 Å². The molecule has 0 saturated heterocycles. The average molecular weight is 270 g/mol. The highest BCUT2D eigenvalue weighted by Gasteiger charge is 2.10. The zero-order valence-corrected chi connectivity index (χ0v) is 11.4. The molecule has 3 rings (SSSR count). The van der Waals surface area contributed by atoms with Gasteiger partial charge in [0.05, 0.1) is 4.90 Å². The van der Waals surface area contributed by atoms with Crippen LogP contribution >= 0.6 is 0 Å². The molecule has 1 aromatic carbocycles. The molecule has 1 unspecified atom stereocenters. The molecule has 1 atom stereocenters. The van der Waals surface area contributed by atoms with E-state index in [4.69, 9.17) is 0 Å². The van der Waals surface area contributed by atoms with E-state index in [-0.39, 0.29) is 0 Å². The zero-order chi connectivity index (χ0) is 13.2. The molecule has 0 bridgehead atoms. The van der Waals surface area contributed by atoms with Gasteiger partial charge in [-0.1, -0.05) is 25.1 Å². The molecule has 0 aliphatic carbocycles. The van der Waals surface area contributed by atoms with Crippen molar-refractivity contribution in [2.24, 2.45) is 0 Å². The summed E-state index contributed by atoms with van der Waals surface area (Å²) in [5.74, 6) is 0. The Labute approximate surface area is 114 Å². The molecule has 0 amide bonds. The van der Waals surface area contributed by atoms with Gasteiger partial charge in [-0.15, -0.1) is 0 Å². The van der Waals surface area contributed by atoms with Crippen molar-refractivity contribution in [2.75, 3.05) is 0 Å². The van der Waals surface area contributed by atoms with Crippen molar-refractivity contribution in [3.63, 3.8) is 0 Å². The lowest BCUT2D eigenvalue weighted by molar-refractivity contribution is 0.678. The normalized spacial score (nSPS) is 12.7. The van der Waals surface area contributed by atoms with E-state index in [0.29, 0.717) is 0 Å². The first-order valence-electron chi connectivity index (χ1n) is 6.24. The van der Waals surface area contributed by atoms with Crippen molar-refractivity contribution in [3.05, 3.63) is 60.4 Å². The van der Waals surface area contributed by atoms with Crippen LogP contribution in [0.3, 0.4) is 0 Å². The molecule has 0 aliphatic heterocycles. The van der Waals surface area contributed by atoms with Crippen LogP contribution < -0.4 is 0 Å². The van der Waals surface area contributed by atoms with E-state index in [1.807, 2.05) is 54.7 Å². The Morgan fingerprint density at radius 2 is 1.89 bits per heavy atom. The maximum Gasteiger partial charge on any atom is 0.158 e. The summed E-state index contributed by atoms with van der Waals surface area (Å²) in [6.07, 6.45) is 2.71. The SMILES string of the molecule is CCc1ccc2ccn(S(=O)c3ccccc3)c2n1. The van der Waals surface area contributed by atoms with Gasteiger partial charge < -0.3 is 0 Å². The fraction of sp³-hybridized carbons (Fsp3) is 0.133. The molecule has 0 fully saturated rings. The molecule has 96 valence electrons. The van der Waals surface area contributed by atoms with Crippen LogP contribution in [0, 0.1) is 0 Å². The van der Waals surface area contributed by atoms with Gasteiger partial charge in [-0.25, -0.2) is 13.2 Å². The summed E-state index contributed by atoms with van der Waals surface area (Å²) >= 11 is 0. The van der Waals surface area contributed by atoms with Crippen LogP contribution in [0.1, 0.15) is 12.6 Å². The van der Waals surface area contributed by atoms with Crippen LogP contribution in [0.5, 0.6) is 0 Å². The third kappa shape index (κ3) is 2.19. The Balaban J connectivity index is 2.12. The fourth-order valence-corrected chi connectivity index (χ4v) is 3.10. The Hall–Kier alpha value is -1.94. The second kappa shape index (κ2) is 4.97. The second-order valence-corrected chi connectivity index (χ2v) is 5.64. The van der Waals surface area contributed by atoms with Crippen LogP contribution in [0.2, 0.25) is 0 Å². The lowest BCUT2D eigenvalue weighted by Gasteiger charge is -2.05. The van der Waals surface area contributed by atoms with Gasteiger partial charge in [-0.2, -0.15) is 0 Å². The zero-order valence-electron chi connectivity index (χ0n) is 10.6. The standard InChI is InChI=1S/C15H14N2OS/c1-2-13-9-8-12-10-11-17(15(12)16-13)19(18)14-6-4-3-5-7-14/h3-11H,2H2,1H3. The minimum atomic E-state index is -1.25. The number of hydrogen-bond acceptors (Lipinski definition) is 2. The van der Waals surface area contributed by atoms with Crippen LogP contribution in [0.15, 0.2) is 59.6 Å². The monoisotopic (exact) mass is 270 g/mol. The number of aromatic nitrogens is 2. The third-order valence-corrected chi connectivity index (χ3v) is 4.37. The molecule has 0 aliphatic rings. The van der Waals surface area contributed by atoms with E-state index < -0.39 is 11.0 Å². The van der Waals surface area contributed by atoms with Gasteiger partial charge >= 0.3 is 0 Å². The molecule has 0 N–H and O–H groups in total. The first kappa shape index (κ1) is 12.1. The van der Waals surface area contributed by atoms with Crippen molar-refractivity contribution >= 4 is 22.0 Å². The number of hydrogen-bond donors (Lipinski definition) is 0. The highest BCUT2D eigenvalue weighted by Crippen LogP contribution is 2.18. The van der Waals surface area contributed by atoms with E-state index in [9.17, 15) is 4.21 Å². The van der Waals surface area contributed by atoms with Gasteiger partial charge in [-0.05, 0) is 36.8 Å². The van der Waals surface area contributed by atoms with Gasteiger partial charge in [-0.3, -0.25) is 0 Å². The summed E-state index contributed by atoms with van der Waals surface area (Å²) in [6.45, 7) is 2.07. The van der Waals surface area contributed by atoms with Crippen molar-refractivity contribution in [3.8, 4) is 0 Å². The topological polar surface area (TPSA) is 34.9 Å². The molecular formula is C15H14N2OS. The van der Waals surface area contributed by atoms with Crippen molar-refractivity contribution in [2.45, 2.75) is 18.2 Å². The Morgan fingerprint density at radius 1 is 1.11 bits per heavy atom. The second-order valence-electron chi connectivity index (χ2n) is 4.27. The van der Waals surface area contributed by atoms with Crippen LogP contribution in [0.4, 0.5) is 0 Å². The van der Waals surface area contributed by atoms with Crippen molar-refractivity contribution in [1.29, 1.82) is 0 Å². The summed E-state index contributed by atoms with van der Waals surface area (Å²) in [7, 11) is -1.25. The Bertz CT molecular complexity index is 734. The lowest BCUT2D eigenvalue weighted by Crippen LogP contribution is -2.04. The summed E-state index contributed by atoms with van der Waals surface area (Å²) < 4.78 is 14.3. The average Bonchev–Trinajstić information content (AvgIpc) is 2.90. The van der Waals surface area contributed by atoms with Gasteiger partial charge in [0.2, 0.25) is 0 Å². The van der Waals surface area contributed by atoms with Crippen molar-refractivity contribution in [1.82, 2.24) is 8.96 Å². The smallest absolute Gasteiger partial charge is 0.158 e. The fourth-order valence-electron chi connectivity index (χ4n) is 2.00. The maximum atomic E-state index is 12.6. The molecule has 19 heavy (non-hydrogen) atoms. The number of rotatable bonds is 3. The minimum Gasteiger partial charge on any atom is -0.246 e. The van der Waals surface area contributed by atoms with E-state index >= 15 is 0 Å². The predicted octanol–water partition coefficient (Wildman–Crippen LogP) is 3.17. The van der Waals surface area contributed by atoms with E-state index in [1.54, 1.807) is 3.97 Å². The highest BCUT2D eigenvalue weighted by atomic mass is 32.2. The minimum absolute atomic E-state index is 0.779. The number of pyridine rings is 1. The molecule has 0 saturated carbocycles. The molecule has 3 aromatic rings. The molecule has 0 spiro atoms. The number of aryl methyl sites for hydroxylation is 1. The van der Waals surface area contributed by atoms with E-state index in [2.05, 4.69) is 11.9 Å². The summed E-state index contributed by atoms with van der Waals surface area (Å²) in [4.78, 5) is 5.35. The first-order valence-corrected chi connectivity index (χ1v) is 7.34. The molecule has 0 radical (unpaired) electrons. The van der Waals surface area contributed by atoms with Gasteiger partial charge in [0.1, 0.15) is 0 Å². The molecule has 4 heteroatoms. The van der Waals surface area contributed by atoms with Crippen LogP contribution in [0.25, 0.3) is 11.0 Å².